The van der Waals surface area contributed by atoms with E-state index in [0.29, 0.717) is 6.29 Å². The number of nitrogens with two attached hydrogens (primary N) is 1. The topological polar surface area (TPSA) is 72.6 Å². The first kappa shape index (κ1) is 10.1. The molecule has 0 spiro atoms. The Labute approximate surface area is 65.1 Å². The molecule has 11 heavy (non-hydrogen) atoms. The second-order valence-electron chi connectivity index (χ2n) is 1.89. The van der Waals surface area contributed by atoms with Crippen LogP contribution in [0.1, 0.15) is 12.8 Å². The van der Waals surface area contributed by atoms with Crippen LogP contribution in [0, 0.1) is 0 Å². The van der Waals surface area contributed by atoms with Gasteiger partial charge in [-0.1, -0.05) is 0 Å². The van der Waals surface area contributed by atoms with Crippen molar-refractivity contribution in [3.05, 3.63) is 0 Å². The van der Waals surface area contributed by atoms with Crippen molar-refractivity contribution in [1.82, 2.24) is 5.06 Å². The van der Waals surface area contributed by atoms with Gasteiger partial charge in [0.1, 0.15) is 13.0 Å². The van der Waals surface area contributed by atoms with E-state index in [2.05, 4.69) is 4.84 Å². The van der Waals surface area contributed by atoms with Crippen molar-refractivity contribution in [2.24, 2.45) is 5.73 Å². The Kier molecular flexibility index (Phi) is 5.32. The number of amides is 1. The van der Waals surface area contributed by atoms with E-state index >= 15 is 0 Å². The zero-order chi connectivity index (χ0) is 8.69. The van der Waals surface area contributed by atoms with Gasteiger partial charge in [0.25, 0.3) is 0 Å². The quantitative estimate of drug-likeness (QED) is 0.327. The molecular weight excluding hydrogens is 148 g/mol. The lowest BCUT2D eigenvalue weighted by Crippen LogP contribution is -2.29. The summed E-state index contributed by atoms with van der Waals surface area (Å²) in [7, 11) is 1.46. The van der Waals surface area contributed by atoms with Crippen molar-refractivity contribution in [2.75, 3.05) is 13.8 Å². The minimum absolute atomic E-state index is 0.0384. The summed E-state index contributed by atoms with van der Waals surface area (Å²) in [6.45, 7) is -0.0384. The predicted molar refractivity (Wildman–Crippen MR) is 38.2 cm³/mol. The molecule has 0 aliphatic heterocycles. The van der Waals surface area contributed by atoms with Crippen LogP contribution in [-0.4, -0.2) is 31.0 Å². The number of rotatable bonds is 5. The molecule has 2 N–H and O–H groups in total. The van der Waals surface area contributed by atoms with Crippen LogP contribution in [0.4, 0.5) is 0 Å². The summed E-state index contributed by atoms with van der Waals surface area (Å²) in [4.78, 5) is 25.4. The standard InChI is InChI=1S/C6H12N2O3/c1-8(11-5-7)6(10)3-2-4-9/h4H,2-3,5,7H2,1H3. The summed E-state index contributed by atoms with van der Waals surface area (Å²) in [5, 5.41) is 1.03. The van der Waals surface area contributed by atoms with Crippen molar-refractivity contribution < 1.29 is 14.4 Å². The molecule has 0 aromatic heterocycles. The molecule has 0 saturated heterocycles. The third kappa shape index (κ3) is 4.46. The Balaban J connectivity index is 3.54. The average molecular weight is 160 g/mol. The van der Waals surface area contributed by atoms with Crippen LogP contribution in [0.15, 0.2) is 0 Å². The van der Waals surface area contributed by atoms with E-state index in [4.69, 9.17) is 5.73 Å². The van der Waals surface area contributed by atoms with Crippen molar-refractivity contribution >= 4 is 12.2 Å². The van der Waals surface area contributed by atoms with Crippen LogP contribution in [0.2, 0.25) is 0 Å². The van der Waals surface area contributed by atoms with Gasteiger partial charge in [-0.15, -0.1) is 0 Å². The number of hydrogen-bond donors (Lipinski definition) is 1. The monoisotopic (exact) mass is 160 g/mol. The van der Waals surface area contributed by atoms with E-state index in [-0.39, 0.29) is 25.5 Å². The fraction of sp³-hybridized carbons (Fsp3) is 0.667. The highest BCUT2D eigenvalue weighted by atomic mass is 16.7. The van der Waals surface area contributed by atoms with Crippen LogP contribution in [-0.2, 0) is 14.4 Å². The molecule has 0 unspecified atom stereocenters. The van der Waals surface area contributed by atoms with E-state index in [9.17, 15) is 9.59 Å². The van der Waals surface area contributed by atoms with Gasteiger partial charge in [-0.3, -0.25) is 9.63 Å². The number of aldehydes is 1. The van der Waals surface area contributed by atoms with Gasteiger partial charge in [-0.05, 0) is 0 Å². The van der Waals surface area contributed by atoms with Gasteiger partial charge in [0, 0.05) is 19.9 Å². The number of hydroxylamine groups is 2. The predicted octanol–water partition coefficient (Wildman–Crippen LogP) is -0.728. The lowest BCUT2D eigenvalue weighted by atomic mass is 10.3. The maximum absolute atomic E-state index is 10.9. The molecule has 0 aliphatic rings. The highest BCUT2D eigenvalue weighted by Gasteiger charge is 2.06. The average Bonchev–Trinajstić information content (AvgIpc) is 2.00. The molecule has 0 rings (SSSR count). The van der Waals surface area contributed by atoms with Crippen LogP contribution < -0.4 is 5.73 Å². The molecule has 0 aromatic carbocycles. The zero-order valence-corrected chi connectivity index (χ0v) is 6.45. The maximum atomic E-state index is 10.9. The van der Waals surface area contributed by atoms with Crippen molar-refractivity contribution in [3.63, 3.8) is 0 Å². The first-order chi connectivity index (χ1) is 5.22. The lowest BCUT2D eigenvalue weighted by molar-refractivity contribution is -0.177. The fourth-order valence-corrected chi connectivity index (χ4v) is 0.524. The summed E-state index contributed by atoms with van der Waals surface area (Å²) in [6, 6.07) is 0. The summed E-state index contributed by atoms with van der Waals surface area (Å²) < 4.78 is 0. The second-order valence-corrected chi connectivity index (χ2v) is 1.89. The Morgan fingerprint density at radius 3 is 2.82 bits per heavy atom. The molecule has 0 heterocycles. The van der Waals surface area contributed by atoms with Crippen LogP contribution in [0.25, 0.3) is 0 Å². The Hall–Kier alpha value is -0.940. The third-order valence-corrected chi connectivity index (χ3v) is 1.10. The van der Waals surface area contributed by atoms with Crippen LogP contribution in [0.5, 0.6) is 0 Å². The number of nitrogens with zero attached hydrogens (tertiary/aromatic N) is 1. The third-order valence-electron chi connectivity index (χ3n) is 1.10. The van der Waals surface area contributed by atoms with E-state index in [1.165, 1.54) is 7.05 Å². The van der Waals surface area contributed by atoms with Gasteiger partial charge >= 0.3 is 0 Å². The molecule has 0 fully saturated rings. The zero-order valence-electron chi connectivity index (χ0n) is 6.45. The van der Waals surface area contributed by atoms with Crippen molar-refractivity contribution in [3.8, 4) is 0 Å². The minimum atomic E-state index is -0.248. The summed E-state index contributed by atoms with van der Waals surface area (Å²) >= 11 is 0. The Morgan fingerprint density at radius 2 is 2.36 bits per heavy atom. The van der Waals surface area contributed by atoms with Crippen molar-refractivity contribution in [1.29, 1.82) is 0 Å². The molecule has 0 aliphatic carbocycles. The van der Waals surface area contributed by atoms with Gasteiger partial charge in [-0.25, -0.2) is 5.06 Å². The highest BCUT2D eigenvalue weighted by Crippen LogP contribution is 1.92. The molecule has 0 radical (unpaired) electrons. The Morgan fingerprint density at radius 1 is 1.73 bits per heavy atom. The van der Waals surface area contributed by atoms with E-state index < -0.39 is 0 Å². The maximum Gasteiger partial charge on any atom is 0.246 e. The molecule has 0 saturated carbocycles. The smallest absolute Gasteiger partial charge is 0.246 e. The van der Waals surface area contributed by atoms with Crippen LogP contribution >= 0.6 is 0 Å². The summed E-state index contributed by atoms with van der Waals surface area (Å²) in [6.07, 6.45) is 1.07. The summed E-state index contributed by atoms with van der Waals surface area (Å²) in [5.74, 6) is -0.248. The van der Waals surface area contributed by atoms with Crippen LogP contribution in [0.3, 0.4) is 0 Å². The molecule has 1 amide bonds. The number of carbonyl (C=O) groups is 2. The molecule has 0 atom stereocenters. The van der Waals surface area contributed by atoms with Crippen molar-refractivity contribution in [2.45, 2.75) is 12.8 Å². The molecule has 5 nitrogen and oxygen atoms in total. The first-order valence-corrected chi connectivity index (χ1v) is 3.25. The fourth-order valence-electron chi connectivity index (χ4n) is 0.524. The van der Waals surface area contributed by atoms with Gasteiger partial charge in [0.2, 0.25) is 5.91 Å². The van der Waals surface area contributed by atoms with E-state index in [1.54, 1.807) is 0 Å². The number of carbonyl (C=O) groups excluding carboxylic acids is 2. The normalized spacial score (nSPS) is 9.27. The number of hydrogen-bond acceptors (Lipinski definition) is 4. The van der Waals surface area contributed by atoms with Gasteiger partial charge < -0.3 is 10.5 Å². The SMILES string of the molecule is CN(OCN)C(=O)CCC=O. The van der Waals surface area contributed by atoms with Gasteiger partial charge in [0.15, 0.2) is 0 Å². The molecular formula is C6H12N2O3. The summed E-state index contributed by atoms with van der Waals surface area (Å²) in [5.41, 5.74) is 5.01. The molecule has 64 valence electrons. The molecule has 0 aromatic rings. The first-order valence-electron chi connectivity index (χ1n) is 3.25. The Bertz CT molecular complexity index is 138. The van der Waals surface area contributed by atoms with E-state index in [0.717, 1.165) is 5.06 Å². The minimum Gasteiger partial charge on any atom is -0.306 e. The van der Waals surface area contributed by atoms with Gasteiger partial charge in [0.05, 0.1) is 0 Å². The van der Waals surface area contributed by atoms with E-state index in [1.807, 2.05) is 0 Å². The van der Waals surface area contributed by atoms with Gasteiger partial charge in [-0.2, -0.15) is 0 Å². The lowest BCUT2D eigenvalue weighted by Gasteiger charge is -2.13. The second kappa shape index (κ2) is 5.82. The molecule has 0 bridgehead atoms. The highest BCUT2D eigenvalue weighted by molar-refractivity contribution is 5.76. The largest absolute Gasteiger partial charge is 0.306 e. The molecule has 5 heteroatoms.